The van der Waals surface area contributed by atoms with Crippen molar-refractivity contribution in [2.45, 2.75) is 0 Å². The predicted octanol–water partition coefficient (Wildman–Crippen LogP) is 2.56. The molecule has 0 fully saturated rings. The van der Waals surface area contributed by atoms with Crippen molar-refractivity contribution >= 4 is 27.3 Å². The molecule has 0 saturated carbocycles. The van der Waals surface area contributed by atoms with Crippen LogP contribution < -0.4 is 0 Å². The molecule has 0 unspecified atom stereocenters. The Morgan fingerprint density at radius 2 is 2.36 bits per heavy atom. The van der Waals surface area contributed by atoms with Crippen LogP contribution in [-0.4, -0.2) is 10.2 Å². The molecule has 0 aliphatic rings. The Hall–Kier alpha value is -0.680. The molecule has 2 aromatic heterocycles. The van der Waals surface area contributed by atoms with Crippen LogP contribution >= 0.6 is 27.3 Å². The van der Waals surface area contributed by atoms with E-state index in [1.807, 2.05) is 12.1 Å². The van der Waals surface area contributed by atoms with Gasteiger partial charge in [0.2, 0.25) is 0 Å². The third-order valence-corrected chi connectivity index (χ3v) is 2.50. The highest BCUT2D eigenvalue weighted by atomic mass is 79.9. The zero-order chi connectivity index (χ0) is 7.68. The monoisotopic (exact) mass is 230 g/mol. The topological polar surface area (TPSA) is 38.9 Å². The molecule has 2 aromatic rings. The highest BCUT2D eigenvalue weighted by Crippen LogP contribution is 2.26. The van der Waals surface area contributed by atoms with E-state index in [1.165, 1.54) is 11.3 Å². The van der Waals surface area contributed by atoms with Crippen molar-refractivity contribution in [2.24, 2.45) is 0 Å². The van der Waals surface area contributed by atoms with Crippen LogP contribution in [0.25, 0.3) is 10.8 Å². The molecule has 0 aliphatic heterocycles. The van der Waals surface area contributed by atoms with E-state index < -0.39 is 0 Å². The minimum atomic E-state index is 0.758. The Bertz CT molecular complexity index is 343. The minimum Gasteiger partial charge on any atom is -0.462 e. The fourth-order valence-corrected chi connectivity index (χ4v) is 1.78. The maximum absolute atomic E-state index is 5.12. The first kappa shape index (κ1) is 7.00. The lowest BCUT2D eigenvalue weighted by atomic mass is 10.5. The number of nitrogens with zero attached hydrogens (tertiary/aromatic N) is 2. The quantitative estimate of drug-likeness (QED) is 0.756. The SMILES string of the molecule is Brc1nnc(-c2ccco2)s1. The van der Waals surface area contributed by atoms with Crippen molar-refractivity contribution in [3.05, 3.63) is 22.3 Å². The van der Waals surface area contributed by atoms with Gasteiger partial charge in [-0.2, -0.15) is 0 Å². The van der Waals surface area contributed by atoms with E-state index in [1.54, 1.807) is 6.26 Å². The molecule has 2 rings (SSSR count). The third kappa shape index (κ3) is 1.34. The van der Waals surface area contributed by atoms with Gasteiger partial charge in [0.1, 0.15) is 0 Å². The lowest BCUT2D eigenvalue weighted by molar-refractivity contribution is 0.581. The second-order valence-corrected chi connectivity index (χ2v) is 4.09. The number of hydrogen-bond donors (Lipinski definition) is 0. The molecule has 0 N–H and O–H groups in total. The Morgan fingerprint density at radius 3 is 2.91 bits per heavy atom. The molecule has 0 aliphatic carbocycles. The Labute approximate surface area is 75.2 Å². The van der Waals surface area contributed by atoms with E-state index in [0.717, 1.165) is 14.7 Å². The second kappa shape index (κ2) is 2.75. The summed E-state index contributed by atoms with van der Waals surface area (Å²) < 4.78 is 5.89. The van der Waals surface area contributed by atoms with E-state index in [-0.39, 0.29) is 0 Å². The molecule has 56 valence electrons. The van der Waals surface area contributed by atoms with Crippen LogP contribution in [0.2, 0.25) is 0 Å². The highest BCUT2D eigenvalue weighted by Gasteiger charge is 2.05. The van der Waals surface area contributed by atoms with E-state index in [4.69, 9.17) is 4.42 Å². The number of rotatable bonds is 1. The van der Waals surface area contributed by atoms with Gasteiger partial charge in [-0.05, 0) is 28.1 Å². The van der Waals surface area contributed by atoms with Crippen LogP contribution in [0.5, 0.6) is 0 Å². The van der Waals surface area contributed by atoms with Crippen molar-refractivity contribution in [3.8, 4) is 10.8 Å². The van der Waals surface area contributed by atoms with Crippen molar-refractivity contribution < 1.29 is 4.42 Å². The van der Waals surface area contributed by atoms with Crippen LogP contribution in [0, 0.1) is 0 Å². The van der Waals surface area contributed by atoms with Gasteiger partial charge in [0, 0.05) is 0 Å². The van der Waals surface area contributed by atoms with E-state index in [9.17, 15) is 0 Å². The van der Waals surface area contributed by atoms with E-state index >= 15 is 0 Å². The summed E-state index contributed by atoms with van der Waals surface area (Å²) in [5, 5.41) is 8.48. The summed E-state index contributed by atoms with van der Waals surface area (Å²) >= 11 is 4.67. The standard InChI is InChI=1S/C6H3BrN2OS/c7-6-9-8-5(11-6)4-2-1-3-10-4/h1-3H. The number of furan rings is 1. The lowest BCUT2D eigenvalue weighted by Gasteiger charge is -1.82. The zero-order valence-electron chi connectivity index (χ0n) is 5.32. The first-order chi connectivity index (χ1) is 5.36. The molecule has 0 atom stereocenters. The van der Waals surface area contributed by atoms with Crippen LogP contribution in [0.3, 0.4) is 0 Å². The Morgan fingerprint density at radius 1 is 1.45 bits per heavy atom. The summed E-state index contributed by atoms with van der Waals surface area (Å²) in [5.74, 6) is 0.758. The maximum Gasteiger partial charge on any atom is 0.184 e. The number of hydrogen-bond acceptors (Lipinski definition) is 4. The number of halogens is 1. The molecule has 0 saturated heterocycles. The van der Waals surface area contributed by atoms with Gasteiger partial charge < -0.3 is 4.42 Å². The normalized spacial score (nSPS) is 10.3. The maximum atomic E-state index is 5.12. The Balaban J connectivity index is 2.45. The average Bonchev–Trinajstić information content (AvgIpc) is 2.55. The molecule has 0 bridgehead atoms. The molecular formula is C6H3BrN2OS. The molecule has 0 radical (unpaired) electrons. The van der Waals surface area contributed by atoms with Gasteiger partial charge in [0.25, 0.3) is 0 Å². The van der Waals surface area contributed by atoms with Crippen molar-refractivity contribution in [1.82, 2.24) is 10.2 Å². The van der Waals surface area contributed by atoms with Gasteiger partial charge in [-0.25, -0.2) is 0 Å². The first-order valence-electron chi connectivity index (χ1n) is 2.89. The summed E-state index contributed by atoms with van der Waals surface area (Å²) in [6, 6.07) is 3.68. The predicted molar refractivity (Wildman–Crippen MR) is 45.3 cm³/mol. The van der Waals surface area contributed by atoms with Gasteiger partial charge >= 0.3 is 0 Å². The molecule has 0 spiro atoms. The smallest absolute Gasteiger partial charge is 0.184 e. The lowest BCUT2D eigenvalue weighted by Crippen LogP contribution is -1.70. The Kier molecular flexibility index (Phi) is 1.75. The molecule has 2 heterocycles. The van der Waals surface area contributed by atoms with Crippen LogP contribution in [0.4, 0.5) is 0 Å². The molecule has 0 aromatic carbocycles. The molecule has 0 amide bonds. The molecule has 5 heteroatoms. The summed E-state index contributed by atoms with van der Waals surface area (Å²) in [5.41, 5.74) is 0. The number of aromatic nitrogens is 2. The molecule has 3 nitrogen and oxygen atoms in total. The van der Waals surface area contributed by atoms with Crippen molar-refractivity contribution in [1.29, 1.82) is 0 Å². The van der Waals surface area contributed by atoms with E-state index in [0.29, 0.717) is 0 Å². The van der Waals surface area contributed by atoms with Crippen LogP contribution in [0.1, 0.15) is 0 Å². The van der Waals surface area contributed by atoms with E-state index in [2.05, 4.69) is 26.1 Å². The summed E-state index contributed by atoms with van der Waals surface area (Å²) in [7, 11) is 0. The highest BCUT2D eigenvalue weighted by molar-refractivity contribution is 9.11. The van der Waals surface area contributed by atoms with Gasteiger partial charge in [0.15, 0.2) is 14.7 Å². The van der Waals surface area contributed by atoms with Crippen LogP contribution in [-0.2, 0) is 0 Å². The minimum absolute atomic E-state index is 0.758. The molecular weight excluding hydrogens is 228 g/mol. The van der Waals surface area contributed by atoms with Crippen molar-refractivity contribution in [2.75, 3.05) is 0 Å². The van der Waals surface area contributed by atoms with Gasteiger partial charge in [-0.3, -0.25) is 0 Å². The fraction of sp³-hybridized carbons (Fsp3) is 0. The zero-order valence-corrected chi connectivity index (χ0v) is 7.72. The van der Waals surface area contributed by atoms with Crippen molar-refractivity contribution in [3.63, 3.8) is 0 Å². The summed E-state index contributed by atoms with van der Waals surface area (Å²) in [6.07, 6.45) is 1.62. The first-order valence-corrected chi connectivity index (χ1v) is 4.50. The molecule has 11 heavy (non-hydrogen) atoms. The average molecular weight is 231 g/mol. The summed E-state index contributed by atoms with van der Waals surface area (Å²) in [4.78, 5) is 0. The third-order valence-electron chi connectivity index (χ3n) is 1.13. The largest absolute Gasteiger partial charge is 0.462 e. The van der Waals surface area contributed by atoms with Gasteiger partial charge in [0.05, 0.1) is 6.26 Å². The summed E-state index contributed by atoms with van der Waals surface area (Å²) in [6.45, 7) is 0. The van der Waals surface area contributed by atoms with Gasteiger partial charge in [-0.15, -0.1) is 10.2 Å². The van der Waals surface area contributed by atoms with Gasteiger partial charge in [-0.1, -0.05) is 11.3 Å². The second-order valence-electron chi connectivity index (χ2n) is 1.84. The van der Waals surface area contributed by atoms with Crippen LogP contribution in [0.15, 0.2) is 26.7 Å². The fourth-order valence-electron chi connectivity index (χ4n) is 0.705.